The van der Waals surface area contributed by atoms with E-state index in [4.69, 9.17) is 30.9 Å². The number of rotatable bonds is 8. The molecule has 0 saturated heterocycles. The molecule has 1 saturated carbocycles. The molecule has 3 aromatic carbocycles. The molecule has 0 bridgehead atoms. The summed E-state index contributed by atoms with van der Waals surface area (Å²) < 4.78 is 15.9. The van der Waals surface area contributed by atoms with Gasteiger partial charge in [0, 0.05) is 18.1 Å². The topological polar surface area (TPSA) is 121 Å². The van der Waals surface area contributed by atoms with Crippen LogP contribution in [0.2, 0.25) is 5.02 Å². The summed E-state index contributed by atoms with van der Waals surface area (Å²) >= 11 is 6.07. The van der Waals surface area contributed by atoms with Crippen LogP contribution in [0, 0.1) is 16.0 Å². The molecule has 3 aromatic rings. The van der Waals surface area contributed by atoms with Crippen LogP contribution in [-0.2, 0) is 9.53 Å². The molecule has 1 aliphatic carbocycles. The van der Waals surface area contributed by atoms with E-state index in [2.05, 4.69) is 6.08 Å². The van der Waals surface area contributed by atoms with Crippen LogP contribution < -0.4 is 9.47 Å². The molecule has 0 spiro atoms. The monoisotopic (exact) mass is 589 g/mol. The van der Waals surface area contributed by atoms with Crippen molar-refractivity contribution in [2.24, 2.45) is 11.0 Å². The van der Waals surface area contributed by atoms with Crippen molar-refractivity contribution < 1.29 is 28.7 Å². The van der Waals surface area contributed by atoms with E-state index in [0.29, 0.717) is 5.75 Å². The van der Waals surface area contributed by atoms with Crippen LogP contribution >= 0.6 is 11.6 Å². The smallest absolute Gasteiger partial charge is 0.340 e. The highest BCUT2D eigenvalue weighted by molar-refractivity contribution is 6.33. The molecule has 11 heteroatoms. The maximum atomic E-state index is 13.6. The minimum atomic E-state index is -0.867. The average molecular weight is 590 g/mol. The van der Waals surface area contributed by atoms with Crippen LogP contribution in [0.5, 0.6) is 11.5 Å². The summed E-state index contributed by atoms with van der Waals surface area (Å²) in [4.78, 5) is 36.7. The van der Waals surface area contributed by atoms with Gasteiger partial charge in [0.15, 0.2) is 6.61 Å². The molecule has 216 valence electrons. The van der Waals surface area contributed by atoms with Gasteiger partial charge in [0.25, 0.3) is 11.6 Å². The number of hydrogen-bond donors (Lipinski definition) is 0. The van der Waals surface area contributed by atoms with E-state index >= 15 is 0 Å². The first-order valence-corrected chi connectivity index (χ1v) is 13.7. The fourth-order valence-corrected chi connectivity index (χ4v) is 5.55. The number of carbonyl (C=O) groups is 2. The molecule has 2 atom stereocenters. The van der Waals surface area contributed by atoms with Crippen molar-refractivity contribution in [3.63, 3.8) is 0 Å². The molecule has 2 aliphatic rings. The number of methoxy groups -OCH3 is 2. The number of hydrazone groups is 1. The lowest BCUT2D eigenvalue weighted by Gasteiger charge is -2.29. The van der Waals surface area contributed by atoms with Crippen LogP contribution in [0.3, 0.4) is 0 Å². The summed E-state index contributed by atoms with van der Waals surface area (Å²) in [5.41, 5.74) is 3.41. The van der Waals surface area contributed by atoms with E-state index < -0.39 is 29.4 Å². The van der Waals surface area contributed by atoms with Crippen molar-refractivity contribution in [1.82, 2.24) is 5.01 Å². The van der Waals surface area contributed by atoms with Crippen LogP contribution in [0.15, 0.2) is 77.4 Å². The van der Waals surface area contributed by atoms with Gasteiger partial charge in [0.1, 0.15) is 11.5 Å². The highest BCUT2D eigenvalue weighted by atomic mass is 35.5. The molecule has 1 heterocycles. The van der Waals surface area contributed by atoms with Crippen molar-refractivity contribution in [2.45, 2.75) is 25.3 Å². The molecular formula is C31H28ClN3O7. The van der Waals surface area contributed by atoms with Crippen molar-refractivity contribution >= 4 is 41.0 Å². The highest BCUT2D eigenvalue weighted by Crippen LogP contribution is 2.44. The Morgan fingerprint density at radius 1 is 1.05 bits per heavy atom. The maximum Gasteiger partial charge on any atom is 0.340 e. The lowest BCUT2D eigenvalue weighted by Crippen LogP contribution is -2.34. The number of non-ortho nitro benzene ring substituents is 1. The summed E-state index contributed by atoms with van der Waals surface area (Å²) in [6, 6.07) is 18.2. The van der Waals surface area contributed by atoms with Gasteiger partial charge < -0.3 is 14.2 Å². The van der Waals surface area contributed by atoms with Crippen molar-refractivity contribution in [3.05, 3.63) is 104 Å². The zero-order valence-corrected chi connectivity index (χ0v) is 23.7. The first-order valence-electron chi connectivity index (χ1n) is 13.3. The van der Waals surface area contributed by atoms with E-state index in [9.17, 15) is 19.7 Å². The van der Waals surface area contributed by atoms with Gasteiger partial charge in [0.2, 0.25) is 0 Å². The first-order chi connectivity index (χ1) is 20.3. The third-order valence-electron chi connectivity index (χ3n) is 7.38. The van der Waals surface area contributed by atoms with Crippen LogP contribution in [0.4, 0.5) is 5.69 Å². The van der Waals surface area contributed by atoms with Gasteiger partial charge in [-0.1, -0.05) is 35.9 Å². The maximum absolute atomic E-state index is 13.6. The molecule has 0 aromatic heterocycles. The summed E-state index contributed by atoms with van der Waals surface area (Å²) in [5, 5.41) is 17.1. The molecule has 0 N–H and O–H groups in total. The Labute approximate surface area is 247 Å². The second-order valence-electron chi connectivity index (χ2n) is 9.88. The minimum Gasteiger partial charge on any atom is -0.497 e. The molecule has 42 heavy (non-hydrogen) atoms. The Bertz CT molecular complexity index is 1570. The third kappa shape index (κ3) is 5.99. The molecule has 1 amide bonds. The number of halogens is 1. The number of ether oxygens (including phenoxy) is 3. The standard InChI is InChI=1S/C31H28ClN3O7/c1-40-23-11-6-19(7-12-23)16-21-4-3-5-26-29(21)33-34(30(26)20-8-13-24(41-2)14-9-20)28(36)18-42-31(37)25-15-10-22(35(38)39)17-27(25)32/h6-17,26,30H,3-5,18H2,1-2H3. The number of nitro groups is 1. The van der Waals surface area contributed by atoms with Gasteiger partial charge in [0.05, 0.1) is 41.5 Å². The molecule has 5 rings (SSSR count). The number of hydrogen-bond acceptors (Lipinski definition) is 8. The van der Waals surface area contributed by atoms with E-state index in [1.165, 1.54) is 11.1 Å². The van der Waals surface area contributed by atoms with Crippen LogP contribution in [0.1, 0.15) is 46.8 Å². The van der Waals surface area contributed by atoms with Crippen molar-refractivity contribution in [2.75, 3.05) is 20.8 Å². The number of benzene rings is 3. The second kappa shape index (κ2) is 12.4. The van der Waals surface area contributed by atoms with Crippen molar-refractivity contribution in [1.29, 1.82) is 0 Å². The third-order valence-corrected chi connectivity index (χ3v) is 7.69. The Morgan fingerprint density at radius 3 is 2.33 bits per heavy atom. The highest BCUT2D eigenvalue weighted by Gasteiger charge is 2.44. The molecule has 1 aliphatic heterocycles. The predicted molar refractivity (Wildman–Crippen MR) is 157 cm³/mol. The summed E-state index contributed by atoms with van der Waals surface area (Å²) in [7, 11) is 3.21. The fraction of sp³-hybridized carbons (Fsp3) is 0.258. The van der Waals surface area contributed by atoms with Gasteiger partial charge in [-0.3, -0.25) is 14.9 Å². The Kier molecular flexibility index (Phi) is 8.53. The summed E-state index contributed by atoms with van der Waals surface area (Å²) in [5.74, 6) is 0.0214. The van der Waals surface area contributed by atoms with E-state index in [0.717, 1.165) is 59.6 Å². The molecule has 2 unspecified atom stereocenters. The first kappa shape index (κ1) is 28.8. The molecule has 1 fully saturated rings. The molecular weight excluding hydrogens is 562 g/mol. The summed E-state index contributed by atoms with van der Waals surface area (Å²) in [6.45, 7) is -0.584. The number of allylic oxidation sites excluding steroid dienone is 1. The van der Waals surface area contributed by atoms with Gasteiger partial charge >= 0.3 is 5.97 Å². The number of nitrogens with zero attached hydrogens (tertiary/aromatic N) is 3. The number of carbonyl (C=O) groups excluding carboxylic acids is 2. The normalized spacial score (nSPS) is 18.7. The second-order valence-corrected chi connectivity index (χ2v) is 10.3. The van der Waals surface area contributed by atoms with E-state index in [1.54, 1.807) is 14.2 Å². The zero-order valence-electron chi connectivity index (χ0n) is 23.0. The van der Waals surface area contributed by atoms with E-state index in [1.807, 2.05) is 48.5 Å². The Morgan fingerprint density at radius 2 is 1.71 bits per heavy atom. The quantitative estimate of drug-likeness (QED) is 0.173. The van der Waals surface area contributed by atoms with Gasteiger partial charge in [-0.2, -0.15) is 5.10 Å². The lowest BCUT2D eigenvalue weighted by molar-refractivity contribution is -0.384. The SMILES string of the molecule is COc1ccc(C=C2CCCC3C2=NN(C(=O)COC(=O)c2ccc([N+](=O)[O-])cc2Cl)C3c2ccc(OC)cc2)cc1. The Hall–Kier alpha value is -4.70. The van der Waals surface area contributed by atoms with Crippen LogP contribution in [-0.4, -0.2) is 48.3 Å². The molecule has 0 radical (unpaired) electrons. The van der Waals surface area contributed by atoms with Gasteiger partial charge in [-0.25, -0.2) is 9.80 Å². The predicted octanol–water partition coefficient (Wildman–Crippen LogP) is 6.25. The number of esters is 1. The average Bonchev–Trinajstić information content (AvgIpc) is 3.41. The van der Waals surface area contributed by atoms with Gasteiger partial charge in [-0.05, 0) is 72.4 Å². The van der Waals surface area contributed by atoms with E-state index in [-0.39, 0.29) is 22.2 Å². The van der Waals surface area contributed by atoms with Gasteiger partial charge in [-0.15, -0.1) is 0 Å². The zero-order chi connectivity index (χ0) is 29.8. The lowest BCUT2D eigenvalue weighted by atomic mass is 9.77. The number of nitro benzene ring substituents is 1. The Balaban J connectivity index is 1.42. The summed E-state index contributed by atoms with van der Waals surface area (Å²) in [6.07, 6.45) is 4.65. The minimum absolute atomic E-state index is 0.0552. The largest absolute Gasteiger partial charge is 0.497 e. The number of amides is 1. The molecule has 10 nitrogen and oxygen atoms in total. The number of fused-ring (bicyclic) bond motifs is 1. The van der Waals surface area contributed by atoms with Crippen molar-refractivity contribution in [3.8, 4) is 11.5 Å². The van der Waals surface area contributed by atoms with Crippen LogP contribution in [0.25, 0.3) is 6.08 Å². The fourth-order valence-electron chi connectivity index (χ4n) is 5.30.